The van der Waals surface area contributed by atoms with Crippen LogP contribution in [0.1, 0.15) is 42.3 Å². The molecule has 10 nitrogen and oxygen atoms in total. The maximum atomic E-state index is 12.9. The van der Waals surface area contributed by atoms with Crippen molar-refractivity contribution in [3.8, 4) is 0 Å². The number of aromatic nitrogens is 5. The van der Waals surface area contributed by atoms with Gasteiger partial charge in [-0.2, -0.15) is 0 Å². The number of fused-ring (bicyclic) bond motifs is 1. The third-order valence-corrected chi connectivity index (χ3v) is 5.81. The lowest BCUT2D eigenvalue weighted by molar-refractivity contribution is -0.144. The number of pyridine rings is 1. The number of carbonyl (C=O) groups excluding carboxylic acids is 1. The lowest BCUT2D eigenvalue weighted by atomic mass is 10.0. The smallest absolute Gasteiger partial charge is 0.327 e. The predicted molar refractivity (Wildman–Crippen MR) is 122 cm³/mol. The first-order valence-electron chi connectivity index (χ1n) is 11.3. The molecule has 33 heavy (non-hydrogen) atoms. The molecule has 4 rings (SSSR count). The van der Waals surface area contributed by atoms with Crippen LogP contribution in [0, 0.1) is 13.8 Å². The van der Waals surface area contributed by atoms with Crippen LogP contribution in [0.5, 0.6) is 0 Å². The van der Waals surface area contributed by atoms with Gasteiger partial charge in [-0.05, 0) is 67.1 Å². The summed E-state index contributed by atoms with van der Waals surface area (Å²) < 4.78 is 12.3. The van der Waals surface area contributed by atoms with Gasteiger partial charge < -0.3 is 14.5 Å². The Hall–Kier alpha value is -3.11. The summed E-state index contributed by atoms with van der Waals surface area (Å²) in [4.78, 5) is 30.0. The van der Waals surface area contributed by atoms with Gasteiger partial charge in [-0.3, -0.25) is 14.5 Å². The molecular formula is C23H30N6O4. The van der Waals surface area contributed by atoms with Gasteiger partial charge in [-0.1, -0.05) is 11.6 Å². The third-order valence-electron chi connectivity index (χ3n) is 5.81. The molecule has 2 aromatic heterocycles. The number of tetrazole rings is 1. The van der Waals surface area contributed by atoms with E-state index in [2.05, 4.69) is 37.5 Å². The van der Waals surface area contributed by atoms with Crippen molar-refractivity contribution in [2.24, 2.45) is 0 Å². The zero-order valence-corrected chi connectivity index (χ0v) is 19.3. The highest BCUT2D eigenvalue weighted by Crippen LogP contribution is 2.20. The summed E-state index contributed by atoms with van der Waals surface area (Å²) in [5.41, 5.74) is 3.60. The molecule has 176 valence electrons. The molecule has 1 saturated heterocycles. The van der Waals surface area contributed by atoms with Crippen LogP contribution in [0.3, 0.4) is 0 Å². The fraction of sp³-hybridized carbons (Fsp3) is 0.522. The summed E-state index contributed by atoms with van der Waals surface area (Å²) in [7, 11) is 0. The summed E-state index contributed by atoms with van der Waals surface area (Å²) >= 11 is 0. The fourth-order valence-electron chi connectivity index (χ4n) is 4.34. The van der Waals surface area contributed by atoms with Gasteiger partial charge in [0.2, 0.25) is 0 Å². The van der Waals surface area contributed by atoms with Gasteiger partial charge in [0.05, 0.1) is 24.8 Å². The number of hydrogen-bond donors (Lipinski definition) is 1. The van der Waals surface area contributed by atoms with Gasteiger partial charge in [-0.25, -0.2) is 4.68 Å². The van der Waals surface area contributed by atoms with Crippen LogP contribution in [0.4, 0.5) is 0 Å². The molecule has 0 saturated carbocycles. The Bertz CT molecular complexity index is 1180. The molecule has 3 aromatic rings. The first-order valence-corrected chi connectivity index (χ1v) is 11.3. The van der Waals surface area contributed by atoms with Crippen molar-refractivity contribution in [2.75, 3.05) is 19.8 Å². The lowest BCUT2D eigenvalue weighted by Crippen LogP contribution is -2.34. The van der Waals surface area contributed by atoms with E-state index in [9.17, 15) is 9.59 Å². The van der Waals surface area contributed by atoms with Crippen molar-refractivity contribution < 1.29 is 14.3 Å². The zero-order chi connectivity index (χ0) is 23.4. The van der Waals surface area contributed by atoms with E-state index >= 15 is 0 Å². The Balaban J connectivity index is 1.59. The van der Waals surface area contributed by atoms with E-state index in [1.54, 1.807) is 6.92 Å². The van der Waals surface area contributed by atoms with E-state index < -0.39 is 5.97 Å². The molecule has 0 radical (unpaired) electrons. The highest BCUT2D eigenvalue weighted by Gasteiger charge is 2.23. The molecule has 1 aliphatic heterocycles. The van der Waals surface area contributed by atoms with Crippen LogP contribution in [-0.4, -0.2) is 61.9 Å². The van der Waals surface area contributed by atoms with Crippen molar-refractivity contribution in [3.05, 3.63) is 51.1 Å². The van der Waals surface area contributed by atoms with Gasteiger partial charge in [-0.15, -0.1) is 5.10 Å². The molecular weight excluding hydrogens is 424 g/mol. The number of rotatable bonds is 9. The largest absolute Gasteiger partial charge is 0.465 e. The van der Waals surface area contributed by atoms with Crippen molar-refractivity contribution in [2.45, 2.75) is 59.4 Å². The molecule has 0 bridgehead atoms. The number of nitrogens with zero attached hydrogens (tertiary/aromatic N) is 5. The van der Waals surface area contributed by atoms with Crippen LogP contribution in [0.15, 0.2) is 23.0 Å². The normalized spacial score (nSPS) is 16.1. The molecule has 1 fully saturated rings. The Labute approximate surface area is 191 Å². The van der Waals surface area contributed by atoms with Crippen molar-refractivity contribution in [3.63, 3.8) is 0 Å². The maximum Gasteiger partial charge on any atom is 0.327 e. The second-order valence-electron chi connectivity index (χ2n) is 8.53. The number of nitrogens with one attached hydrogen (secondary N) is 1. The van der Waals surface area contributed by atoms with Gasteiger partial charge in [0, 0.05) is 25.3 Å². The highest BCUT2D eigenvalue weighted by atomic mass is 16.5. The topological polar surface area (TPSA) is 115 Å². The summed E-state index contributed by atoms with van der Waals surface area (Å²) in [6.45, 7) is 8.20. The van der Waals surface area contributed by atoms with Gasteiger partial charge >= 0.3 is 5.97 Å². The number of esters is 1. The first kappa shape index (κ1) is 23.1. The molecule has 1 atom stereocenters. The molecule has 1 N–H and O–H groups in total. The van der Waals surface area contributed by atoms with E-state index in [4.69, 9.17) is 9.47 Å². The van der Waals surface area contributed by atoms with Crippen LogP contribution < -0.4 is 5.56 Å². The number of aromatic amines is 1. The second kappa shape index (κ2) is 10.2. The Morgan fingerprint density at radius 2 is 2.15 bits per heavy atom. The average molecular weight is 455 g/mol. The SMILES string of the molecule is CCOC(=O)Cn1nnnc1CN(Cc1cc2cc(C)cc(C)c2[nH]c1=O)C[C@H]1CCCO1. The van der Waals surface area contributed by atoms with E-state index in [0.717, 1.165) is 41.5 Å². The van der Waals surface area contributed by atoms with Gasteiger partial charge in [0.1, 0.15) is 6.54 Å². The molecule has 0 spiro atoms. The van der Waals surface area contributed by atoms with Crippen molar-refractivity contribution >= 4 is 16.9 Å². The number of ether oxygens (including phenoxy) is 2. The van der Waals surface area contributed by atoms with Crippen LogP contribution in [0.2, 0.25) is 0 Å². The summed E-state index contributed by atoms with van der Waals surface area (Å²) in [6.07, 6.45) is 2.08. The number of carbonyl (C=O) groups is 1. The Kier molecular flexibility index (Phi) is 7.14. The number of benzene rings is 1. The standard InChI is InChI=1S/C23H30N6O4/c1-4-32-21(30)14-29-20(25-26-27-29)13-28(12-19-6-5-7-33-19)11-18-10-17-9-15(2)8-16(3)22(17)24-23(18)31/h8-10,19H,4-7,11-14H2,1-3H3,(H,24,31)/t19-/m1/s1. The minimum Gasteiger partial charge on any atom is -0.465 e. The van der Waals surface area contributed by atoms with Crippen LogP contribution >= 0.6 is 0 Å². The number of H-pyrrole nitrogens is 1. The summed E-state index contributed by atoms with van der Waals surface area (Å²) in [6, 6.07) is 6.09. The molecule has 0 aliphatic carbocycles. The van der Waals surface area contributed by atoms with Crippen molar-refractivity contribution in [1.29, 1.82) is 0 Å². The minimum atomic E-state index is -0.395. The summed E-state index contributed by atoms with van der Waals surface area (Å²) in [5.74, 6) is 0.137. The van der Waals surface area contributed by atoms with Gasteiger partial charge in [0.25, 0.3) is 5.56 Å². The molecule has 0 amide bonds. The molecule has 0 unspecified atom stereocenters. The van der Waals surface area contributed by atoms with Crippen molar-refractivity contribution in [1.82, 2.24) is 30.1 Å². The Morgan fingerprint density at radius 1 is 1.30 bits per heavy atom. The molecule has 1 aromatic carbocycles. The molecule has 1 aliphatic rings. The van der Waals surface area contributed by atoms with E-state index in [1.807, 2.05) is 19.9 Å². The lowest BCUT2D eigenvalue weighted by Gasteiger charge is -2.24. The van der Waals surface area contributed by atoms with E-state index in [0.29, 0.717) is 37.6 Å². The third kappa shape index (κ3) is 5.63. The number of aryl methyl sites for hydroxylation is 2. The first-order chi connectivity index (χ1) is 15.9. The average Bonchev–Trinajstić information content (AvgIpc) is 3.42. The molecule has 3 heterocycles. The predicted octanol–water partition coefficient (Wildman–Crippen LogP) is 1.88. The van der Waals surface area contributed by atoms with Crippen LogP contribution in [-0.2, 0) is 33.9 Å². The van der Waals surface area contributed by atoms with E-state index in [-0.39, 0.29) is 18.2 Å². The summed E-state index contributed by atoms with van der Waals surface area (Å²) in [5, 5.41) is 12.8. The maximum absolute atomic E-state index is 12.9. The fourth-order valence-corrected chi connectivity index (χ4v) is 4.34. The minimum absolute atomic E-state index is 0.0565. The quantitative estimate of drug-likeness (QED) is 0.487. The molecule has 10 heteroatoms. The second-order valence-corrected chi connectivity index (χ2v) is 8.53. The zero-order valence-electron chi connectivity index (χ0n) is 19.3. The van der Waals surface area contributed by atoms with Gasteiger partial charge in [0.15, 0.2) is 5.82 Å². The monoisotopic (exact) mass is 454 g/mol. The van der Waals surface area contributed by atoms with E-state index in [1.165, 1.54) is 4.68 Å². The Morgan fingerprint density at radius 3 is 2.91 bits per heavy atom. The highest BCUT2D eigenvalue weighted by molar-refractivity contribution is 5.82. The van der Waals surface area contributed by atoms with Crippen LogP contribution in [0.25, 0.3) is 10.9 Å². The number of hydrogen-bond acceptors (Lipinski definition) is 8.